The zero-order valence-corrected chi connectivity index (χ0v) is 16.6. The summed E-state index contributed by atoms with van der Waals surface area (Å²) >= 11 is 0. The first-order valence-electron chi connectivity index (χ1n) is 9.90. The molecule has 1 fully saturated rings. The van der Waals surface area contributed by atoms with Crippen LogP contribution in [0.4, 0.5) is 0 Å². The number of hydrogen-bond donors (Lipinski definition) is 2. The van der Waals surface area contributed by atoms with Crippen LogP contribution in [0.3, 0.4) is 0 Å². The molecule has 2 unspecified atom stereocenters. The molecule has 1 amide bonds. The number of aliphatic hydroxyl groups excluding tert-OH is 1. The van der Waals surface area contributed by atoms with Crippen LogP contribution in [0.1, 0.15) is 30.6 Å². The summed E-state index contributed by atoms with van der Waals surface area (Å²) in [7, 11) is 0. The first-order chi connectivity index (χ1) is 13.9. The molecule has 8 nitrogen and oxygen atoms in total. The summed E-state index contributed by atoms with van der Waals surface area (Å²) in [5, 5.41) is 18.4. The molecule has 4 rings (SSSR count). The number of likely N-dealkylation sites (tertiary alicyclic amines) is 1. The van der Waals surface area contributed by atoms with Gasteiger partial charge in [-0.3, -0.25) is 19.4 Å². The summed E-state index contributed by atoms with van der Waals surface area (Å²) < 4.78 is 2.88. The van der Waals surface area contributed by atoms with Gasteiger partial charge in [-0.15, -0.1) is 0 Å². The lowest BCUT2D eigenvalue weighted by molar-refractivity contribution is 0.0620. The van der Waals surface area contributed by atoms with Gasteiger partial charge >= 0.3 is 0 Å². The van der Waals surface area contributed by atoms with Gasteiger partial charge < -0.3 is 14.6 Å². The third-order valence-corrected chi connectivity index (χ3v) is 5.53. The summed E-state index contributed by atoms with van der Waals surface area (Å²) in [6.07, 6.45) is 2.70. The van der Waals surface area contributed by atoms with Crippen molar-refractivity contribution in [2.24, 2.45) is 11.8 Å². The Morgan fingerprint density at radius 1 is 1.28 bits per heavy atom. The number of aromatic nitrogens is 3. The Hall–Kier alpha value is -3.00. The van der Waals surface area contributed by atoms with E-state index in [4.69, 9.17) is 5.41 Å². The van der Waals surface area contributed by atoms with E-state index in [-0.39, 0.29) is 41.1 Å². The van der Waals surface area contributed by atoms with Crippen molar-refractivity contribution in [3.8, 4) is 0 Å². The van der Waals surface area contributed by atoms with E-state index in [0.717, 1.165) is 6.42 Å². The zero-order chi connectivity index (χ0) is 20.7. The maximum atomic E-state index is 13.3. The van der Waals surface area contributed by atoms with Gasteiger partial charge in [0.1, 0.15) is 16.8 Å². The van der Waals surface area contributed by atoms with Crippen molar-refractivity contribution < 1.29 is 9.90 Å². The molecule has 0 bridgehead atoms. The number of amides is 1. The molecule has 0 saturated carbocycles. The van der Waals surface area contributed by atoms with Crippen LogP contribution in [0.5, 0.6) is 0 Å². The molecular weight excluding hydrogens is 370 g/mol. The minimum atomic E-state index is -0.299. The van der Waals surface area contributed by atoms with Crippen molar-refractivity contribution in [2.75, 3.05) is 19.7 Å². The quantitative estimate of drug-likeness (QED) is 0.651. The van der Waals surface area contributed by atoms with E-state index >= 15 is 0 Å². The Balaban J connectivity index is 1.95. The molecule has 2 N–H and O–H groups in total. The minimum Gasteiger partial charge on any atom is -0.395 e. The third kappa shape index (κ3) is 3.33. The van der Waals surface area contributed by atoms with Crippen molar-refractivity contribution in [3.05, 3.63) is 51.9 Å². The van der Waals surface area contributed by atoms with E-state index in [1.165, 1.54) is 15.0 Å². The number of nitrogens with zero attached hydrogens (tertiary/aromatic N) is 4. The maximum absolute atomic E-state index is 13.3. The Morgan fingerprint density at radius 2 is 2.00 bits per heavy atom. The highest BCUT2D eigenvalue weighted by Crippen LogP contribution is 2.22. The molecule has 1 aliphatic rings. The van der Waals surface area contributed by atoms with Crippen molar-refractivity contribution in [3.63, 3.8) is 0 Å². The molecule has 0 aromatic carbocycles. The number of hydrogen-bond acceptors (Lipinski definition) is 5. The minimum absolute atomic E-state index is 0.0328. The SMILES string of the molecule is CC1CC(C)CN(C(=O)c2cc3c(=O)n4ccccc4nc3n(CCO)c2=N)C1. The number of carbonyl (C=O) groups is 1. The van der Waals surface area contributed by atoms with Crippen LogP contribution < -0.4 is 11.0 Å². The maximum Gasteiger partial charge on any atom is 0.267 e. The number of carbonyl (C=O) groups excluding carboxylic acids is 1. The fourth-order valence-corrected chi connectivity index (χ4v) is 4.37. The molecule has 3 aromatic heterocycles. The topological polar surface area (TPSA) is 104 Å². The van der Waals surface area contributed by atoms with E-state index in [2.05, 4.69) is 18.8 Å². The highest BCUT2D eigenvalue weighted by molar-refractivity contribution is 5.97. The summed E-state index contributed by atoms with van der Waals surface area (Å²) in [5.74, 6) is 0.524. The molecule has 0 aliphatic carbocycles. The summed E-state index contributed by atoms with van der Waals surface area (Å²) in [4.78, 5) is 32.7. The molecule has 152 valence electrons. The summed E-state index contributed by atoms with van der Waals surface area (Å²) in [6.45, 7) is 5.36. The fourth-order valence-electron chi connectivity index (χ4n) is 4.37. The van der Waals surface area contributed by atoms with Crippen LogP contribution in [-0.2, 0) is 6.54 Å². The molecule has 8 heteroatoms. The van der Waals surface area contributed by atoms with Gasteiger partial charge in [0.05, 0.1) is 17.6 Å². The first kappa shape index (κ1) is 19.3. The standard InChI is InChI=1S/C21H25N5O3/c1-13-9-14(2)12-24(11-13)20(28)15-10-16-19(26(7-8-27)18(15)22)23-17-5-3-4-6-25(17)21(16)29/h3-6,10,13-14,22,27H,7-9,11-12H2,1-2H3. The van der Waals surface area contributed by atoms with Crippen LogP contribution in [-0.4, -0.2) is 49.6 Å². The second-order valence-electron chi connectivity index (χ2n) is 8.02. The van der Waals surface area contributed by atoms with Gasteiger partial charge in [0.2, 0.25) is 0 Å². The lowest BCUT2D eigenvalue weighted by Gasteiger charge is -2.35. The molecule has 1 aliphatic heterocycles. The van der Waals surface area contributed by atoms with Crippen LogP contribution in [0.25, 0.3) is 16.7 Å². The molecule has 0 radical (unpaired) electrons. The average molecular weight is 395 g/mol. The Morgan fingerprint density at radius 3 is 2.69 bits per heavy atom. The lowest BCUT2D eigenvalue weighted by atomic mass is 9.91. The van der Waals surface area contributed by atoms with Crippen LogP contribution in [0.15, 0.2) is 35.3 Å². The molecule has 0 spiro atoms. The van der Waals surface area contributed by atoms with E-state index in [0.29, 0.717) is 36.2 Å². The molecule has 1 saturated heterocycles. The van der Waals surface area contributed by atoms with E-state index in [9.17, 15) is 14.7 Å². The van der Waals surface area contributed by atoms with Crippen molar-refractivity contribution >= 4 is 22.6 Å². The second kappa shape index (κ2) is 7.44. The smallest absolute Gasteiger partial charge is 0.267 e. The highest BCUT2D eigenvalue weighted by atomic mass is 16.3. The normalized spacial score (nSPS) is 19.8. The summed E-state index contributed by atoms with van der Waals surface area (Å²) in [6, 6.07) is 6.73. The number of fused-ring (bicyclic) bond motifs is 2. The zero-order valence-electron chi connectivity index (χ0n) is 16.6. The van der Waals surface area contributed by atoms with Crippen molar-refractivity contribution in [1.82, 2.24) is 18.9 Å². The number of pyridine rings is 2. The average Bonchev–Trinajstić information content (AvgIpc) is 2.69. The van der Waals surface area contributed by atoms with Gasteiger partial charge in [-0.2, -0.15) is 0 Å². The van der Waals surface area contributed by atoms with E-state index < -0.39 is 0 Å². The van der Waals surface area contributed by atoms with Crippen LogP contribution in [0, 0.1) is 17.2 Å². The van der Waals surface area contributed by atoms with Crippen molar-refractivity contribution in [1.29, 1.82) is 5.41 Å². The van der Waals surface area contributed by atoms with Crippen LogP contribution >= 0.6 is 0 Å². The number of piperidine rings is 1. The lowest BCUT2D eigenvalue weighted by Crippen LogP contribution is -2.45. The number of nitrogens with one attached hydrogen (secondary N) is 1. The van der Waals surface area contributed by atoms with Crippen molar-refractivity contribution in [2.45, 2.75) is 26.8 Å². The Labute approximate surface area is 167 Å². The fraction of sp³-hybridized carbons (Fsp3) is 0.429. The van der Waals surface area contributed by atoms with Gasteiger partial charge in [-0.05, 0) is 36.5 Å². The van der Waals surface area contributed by atoms with Gasteiger partial charge in [0.15, 0.2) is 0 Å². The molecular formula is C21H25N5O3. The van der Waals surface area contributed by atoms with Gasteiger partial charge in [-0.25, -0.2) is 4.98 Å². The molecule has 29 heavy (non-hydrogen) atoms. The largest absolute Gasteiger partial charge is 0.395 e. The van der Waals surface area contributed by atoms with Gasteiger partial charge in [0.25, 0.3) is 11.5 Å². The first-order valence-corrected chi connectivity index (χ1v) is 9.90. The number of aliphatic hydroxyl groups is 1. The van der Waals surface area contributed by atoms with Gasteiger partial charge in [0, 0.05) is 25.8 Å². The highest BCUT2D eigenvalue weighted by Gasteiger charge is 2.28. The molecule has 2 atom stereocenters. The number of rotatable bonds is 3. The molecule has 4 heterocycles. The summed E-state index contributed by atoms with van der Waals surface area (Å²) in [5.41, 5.74) is 0.592. The second-order valence-corrected chi connectivity index (χ2v) is 8.02. The third-order valence-electron chi connectivity index (χ3n) is 5.53. The van der Waals surface area contributed by atoms with E-state index in [1.807, 2.05) is 0 Å². The Kier molecular flexibility index (Phi) is 4.96. The van der Waals surface area contributed by atoms with Crippen LogP contribution in [0.2, 0.25) is 0 Å². The predicted molar refractivity (Wildman–Crippen MR) is 109 cm³/mol. The monoisotopic (exact) mass is 395 g/mol. The molecule has 3 aromatic rings. The predicted octanol–water partition coefficient (Wildman–Crippen LogP) is 1.24. The van der Waals surface area contributed by atoms with E-state index in [1.54, 1.807) is 29.3 Å². The van der Waals surface area contributed by atoms with Gasteiger partial charge in [-0.1, -0.05) is 19.9 Å². The Bertz CT molecular complexity index is 1200.